The van der Waals surface area contributed by atoms with Gasteiger partial charge in [-0.3, -0.25) is 15.1 Å². The number of aliphatic carboxylic acids is 1. The Balaban J connectivity index is 2.67. The zero-order chi connectivity index (χ0) is 11.3. The number of rotatable bonds is 5. The maximum atomic E-state index is 10.9. The molecule has 1 aromatic rings. The van der Waals surface area contributed by atoms with Gasteiger partial charge in [-0.05, 0) is 12.1 Å². The van der Waals surface area contributed by atoms with Crippen molar-refractivity contribution in [2.45, 2.75) is 0 Å². The van der Waals surface area contributed by atoms with Crippen molar-refractivity contribution in [2.24, 2.45) is 5.73 Å². The maximum absolute atomic E-state index is 10.9. The lowest BCUT2D eigenvalue weighted by Crippen LogP contribution is -2.16. The fourth-order valence-corrected chi connectivity index (χ4v) is 0.963. The Morgan fingerprint density at radius 3 is 2.67 bits per heavy atom. The van der Waals surface area contributed by atoms with Gasteiger partial charge in [0.05, 0.1) is 11.3 Å². The summed E-state index contributed by atoms with van der Waals surface area (Å²) < 4.78 is 0. The summed E-state index contributed by atoms with van der Waals surface area (Å²) in [5.41, 5.74) is 8.02. The Labute approximate surface area is 85.6 Å². The molecule has 0 unspecified atom stereocenters. The topological polar surface area (TPSA) is 102 Å². The minimum absolute atomic E-state index is 0.239. The highest BCUT2D eigenvalue weighted by atomic mass is 16.7. The van der Waals surface area contributed by atoms with Crippen LogP contribution in [0.5, 0.6) is 0 Å². The number of para-hydroxylation sites is 1. The van der Waals surface area contributed by atoms with E-state index in [1.165, 1.54) is 6.07 Å². The van der Waals surface area contributed by atoms with Gasteiger partial charge in [-0.2, -0.15) is 0 Å². The molecule has 0 atom stereocenters. The lowest BCUT2D eigenvalue weighted by atomic mass is 10.2. The number of carbonyl (C=O) groups is 2. The molecule has 0 spiro atoms. The Hall–Kier alpha value is -2.08. The predicted octanol–water partition coefficient (Wildman–Crippen LogP) is 0.214. The first-order valence-electron chi connectivity index (χ1n) is 4.09. The summed E-state index contributed by atoms with van der Waals surface area (Å²) in [7, 11) is 0. The maximum Gasteiger partial charge on any atom is 0.332 e. The van der Waals surface area contributed by atoms with Crippen LogP contribution in [0.1, 0.15) is 10.4 Å². The number of benzene rings is 1. The molecule has 0 saturated heterocycles. The number of carboxylic acid groups (broad SMARTS) is 1. The van der Waals surface area contributed by atoms with Gasteiger partial charge < -0.3 is 10.8 Å². The van der Waals surface area contributed by atoms with Crippen molar-refractivity contribution in [1.82, 2.24) is 0 Å². The number of hydrogen-bond donors (Lipinski definition) is 3. The largest absolute Gasteiger partial charge is 0.479 e. The molecule has 1 aromatic carbocycles. The molecule has 4 N–H and O–H groups in total. The molecule has 15 heavy (non-hydrogen) atoms. The average Bonchev–Trinajstić information content (AvgIpc) is 2.17. The van der Waals surface area contributed by atoms with E-state index in [2.05, 4.69) is 10.3 Å². The number of amides is 1. The molecule has 6 heteroatoms. The van der Waals surface area contributed by atoms with Gasteiger partial charge in [0.2, 0.25) is 0 Å². The minimum Gasteiger partial charge on any atom is -0.479 e. The van der Waals surface area contributed by atoms with Crippen LogP contribution in [0.2, 0.25) is 0 Å². The van der Waals surface area contributed by atoms with Crippen molar-refractivity contribution in [2.75, 3.05) is 12.1 Å². The number of carboxylic acids is 1. The van der Waals surface area contributed by atoms with Gasteiger partial charge in [0.1, 0.15) is 0 Å². The third kappa shape index (κ3) is 3.28. The van der Waals surface area contributed by atoms with Crippen LogP contribution in [-0.2, 0) is 9.63 Å². The van der Waals surface area contributed by atoms with Gasteiger partial charge >= 0.3 is 5.97 Å². The van der Waals surface area contributed by atoms with E-state index in [0.29, 0.717) is 5.69 Å². The van der Waals surface area contributed by atoms with Crippen molar-refractivity contribution < 1.29 is 19.5 Å². The van der Waals surface area contributed by atoms with E-state index in [0.717, 1.165) is 0 Å². The SMILES string of the molecule is NC(=O)c1ccccc1NOCC(=O)O. The monoisotopic (exact) mass is 210 g/mol. The molecule has 0 saturated carbocycles. The van der Waals surface area contributed by atoms with Gasteiger partial charge in [-0.15, -0.1) is 0 Å². The molecule has 1 amide bonds. The van der Waals surface area contributed by atoms with E-state index >= 15 is 0 Å². The first kappa shape index (κ1) is 11.0. The second-order valence-electron chi connectivity index (χ2n) is 2.69. The minimum atomic E-state index is -1.11. The molecule has 1 rings (SSSR count). The highest BCUT2D eigenvalue weighted by Gasteiger charge is 2.07. The van der Waals surface area contributed by atoms with Gasteiger partial charge in [-0.25, -0.2) is 4.79 Å². The fraction of sp³-hybridized carbons (Fsp3) is 0.111. The molecule has 0 aliphatic heterocycles. The second-order valence-corrected chi connectivity index (χ2v) is 2.69. The lowest BCUT2D eigenvalue weighted by Gasteiger charge is -2.07. The standard InChI is InChI=1S/C9H10N2O4/c10-9(14)6-3-1-2-4-7(6)11-15-5-8(12)13/h1-4,11H,5H2,(H2,10,14)(H,12,13). The van der Waals surface area contributed by atoms with E-state index in [4.69, 9.17) is 10.8 Å². The Bertz CT molecular complexity index is 378. The van der Waals surface area contributed by atoms with Crippen LogP contribution in [0.4, 0.5) is 5.69 Å². The smallest absolute Gasteiger partial charge is 0.332 e. The Morgan fingerprint density at radius 2 is 2.07 bits per heavy atom. The summed E-state index contributed by atoms with van der Waals surface area (Å²) in [5.74, 6) is -1.73. The van der Waals surface area contributed by atoms with Crippen molar-refractivity contribution in [3.8, 4) is 0 Å². The summed E-state index contributed by atoms with van der Waals surface area (Å²) in [6.45, 7) is -0.507. The Kier molecular flexibility index (Phi) is 3.64. The molecule has 0 aromatic heterocycles. The predicted molar refractivity (Wildman–Crippen MR) is 52.2 cm³/mol. The van der Waals surface area contributed by atoms with E-state index in [1.807, 2.05) is 0 Å². The molecular weight excluding hydrogens is 200 g/mol. The quantitative estimate of drug-likeness (QED) is 0.603. The molecule has 6 nitrogen and oxygen atoms in total. The molecule has 0 bridgehead atoms. The molecule has 0 aliphatic carbocycles. The van der Waals surface area contributed by atoms with E-state index in [9.17, 15) is 9.59 Å². The number of nitrogens with one attached hydrogen (secondary N) is 1. The molecular formula is C9H10N2O4. The van der Waals surface area contributed by atoms with E-state index < -0.39 is 18.5 Å². The summed E-state index contributed by atoms with van der Waals surface area (Å²) in [6, 6.07) is 6.37. The third-order valence-electron chi connectivity index (χ3n) is 1.57. The second kappa shape index (κ2) is 4.97. The molecule has 80 valence electrons. The van der Waals surface area contributed by atoms with Crippen molar-refractivity contribution >= 4 is 17.6 Å². The van der Waals surface area contributed by atoms with E-state index in [1.54, 1.807) is 18.2 Å². The van der Waals surface area contributed by atoms with Crippen LogP contribution in [0.15, 0.2) is 24.3 Å². The van der Waals surface area contributed by atoms with Gasteiger partial charge in [0, 0.05) is 0 Å². The lowest BCUT2D eigenvalue weighted by molar-refractivity contribution is -0.141. The van der Waals surface area contributed by atoms with Gasteiger partial charge in [0.15, 0.2) is 6.61 Å². The zero-order valence-corrected chi connectivity index (χ0v) is 7.77. The van der Waals surface area contributed by atoms with Crippen LogP contribution in [0.3, 0.4) is 0 Å². The van der Waals surface area contributed by atoms with Gasteiger partial charge in [-0.1, -0.05) is 12.1 Å². The first-order valence-corrected chi connectivity index (χ1v) is 4.09. The summed E-state index contributed by atoms with van der Waals surface area (Å²) in [5, 5.41) is 8.31. The third-order valence-corrected chi connectivity index (χ3v) is 1.57. The van der Waals surface area contributed by atoms with Crippen molar-refractivity contribution in [1.29, 1.82) is 0 Å². The highest BCUT2D eigenvalue weighted by Crippen LogP contribution is 2.13. The van der Waals surface area contributed by atoms with E-state index in [-0.39, 0.29) is 5.56 Å². The number of hydrogen-bond acceptors (Lipinski definition) is 4. The van der Waals surface area contributed by atoms with Crippen LogP contribution in [0.25, 0.3) is 0 Å². The number of carbonyl (C=O) groups excluding carboxylic acids is 1. The number of primary amides is 1. The molecule has 0 heterocycles. The summed E-state index contributed by atoms with van der Waals surface area (Å²) >= 11 is 0. The van der Waals surface area contributed by atoms with Crippen LogP contribution < -0.4 is 11.2 Å². The van der Waals surface area contributed by atoms with Crippen molar-refractivity contribution in [3.63, 3.8) is 0 Å². The number of anilines is 1. The normalized spacial score (nSPS) is 9.60. The molecule has 0 aliphatic rings. The summed E-state index contributed by atoms with van der Waals surface area (Å²) in [6.07, 6.45) is 0. The number of nitrogens with two attached hydrogens (primary N) is 1. The van der Waals surface area contributed by atoms with Crippen LogP contribution in [-0.4, -0.2) is 23.6 Å². The van der Waals surface area contributed by atoms with Crippen LogP contribution >= 0.6 is 0 Å². The van der Waals surface area contributed by atoms with Crippen LogP contribution in [0, 0.1) is 0 Å². The average molecular weight is 210 g/mol. The Morgan fingerprint density at radius 1 is 1.40 bits per heavy atom. The fourth-order valence-electron chi connectivity index (χ4n) is 0.963. The highest BCUT2D eigenvalue weighted by molar-refractivity contribution is 5.98. The van der Waals surface area contributed by atoms with Crippen molar-refractivity contribution in [3.05, 3.63) is 29.8 Å². The molecule has 0 fully saturated rings. The summed E-state index contributed by atoms with van der Waals surface area (Å²) in [4.78, 5) is 25.7. The first-order chi connectivity index (χ1) is 7.11. The zero-order valence-electron chi connectivity index (χ0n) is 7.77. The van der Waals surface area contributed by atoms with Gasteiger partial charge in [0.25, 0.3) is 5.91 Å². The molecule has 0 radical (unpaired) electrons.